The molecule has 0 aromatic heterocycles. The third-order valence-electron chi connectivity index (χ3n) is 3.39. The summed E-state index contributed by atoms with van der Waals surface area (Å²) in [6.45, 7) is 2.29. The Balaban J connectivity index is 2.43. The number of carboxylic acids is 1. The number of nitrogens with zero attached hydrogens (tertiary/aromatic N) is 1. The summed E-state index contributed by atoms with van der Waals surface area (Å²) in [5.74, 6) is -0.486. The molecule has 6 heteroatoms. The number of ether oxygens (including phenoxy) is 1. The normalized spacial score (nSPS) is 16.8. The van der Waals surface area contributed by atoms with Crippen molar-refractivity contribution in [2.45, 2.75) is 32.2 Å². The first-order valence-corrected chi connectivity index (χ1v) is 6.30. The highest BCUT2D eigenvalue weighted by atomic mass is 16.5. The number of amides is 2. The summed E-state index contributed by atoms with van der Waals surface area (Å²) < 4.78 is 4.87. The molecule has 0 aromatic carbocycles. The quantitative estimate of drug-likeness (QED) is 0.711. The SMILES string of the molecule is COCCN(CC(=O)O)C(=O)NC(C)C1CCC1. The molecule has 1 fully saturated rings. The first-order chi connectivity index (χ1) is 8.54. The summed E-state index contributed by atoms with van der Waals surface area (Å²) in [4.78, 5) is 23.9. The Morgan fingerprint density at radius 3 is 2.61 bits per heavy atom. The molecule has 0 heterocycles. The van der Waals surface area contributed by atoms with Gasteiger partial charge in [-0.15, -0.1) is 0 Å². The van der Waals surface area contributed by atoms with Crippen molar-refractivity contribution in [1.82, 2.24) is 10.2 Å². The molecule has 2 N–H and O–H groups in total. The van der Waals surface area contributed by atoms with Crippen LogP contribution in [0.2, 0.25) is 0 Å². The zero-order valence-electron chi connectivity index (χ0n) is 11.0. The highest BCUT2D eigenvalue weighted by Crippen LogP contribution is 2.29. The minimum Gasteiger partial charge on any atom is -0.480 e. The third kappa shape index (κ3) is 4.52. The van der Waals surface area contributed by atoms with Gasteiger partial charge in [0.05, 0.1) is 6.61 Å². The second-order valence-electron chi connectivity index (χ2n) is 4.74. The molecule has 18 heavy (non-hydrogen) atoms. The van der Waals surface area contributed by atoms with Crippen LogP contribution in [0.5, 0.6) is 0 Å². The minimum absolute atomic E-state index is 0.102. The minimum atomic E-state index is -1.02. The molecule has 0 saturated heterocycles. The number of rotatable bonds is 7. The Morgan fingerprint density at radius 2 is 2.17 bits per heavy atom. The largest absolute Gasteiger partial charge is 0.480 e. The van der Waals surface area contributed by atoms with Crippen LogP contribution in [0.4, 0.5) is 4.79 Å². The molecule has 1 unspecified atom stereocenters. The highest BCUT2D eigenvalue weighted by Gasteiger charge is 2.26. The van der Waals surface area contributed by atoms with E-state index in [0.717, 1.165) is 12.8 Å². The zero-order chi connectivity index (χ0) is 13.5. The number of urea groups is 1. The van der Waals surface area contributed by atoms with Gasteiger partial charge in [-0.05, 0) is 25.7 Å². The maximum absolute atomic E-state index is 11.9. The molecule has 1 aliphatic rings. The van der Waals surface area contributed by atoms with Crippen LogP contribution in [0.15, 0.2) is 0 Å². The van der Waals surface area contributed by atoms with Crippen molar-refractivity contribution in [3.05, 3.63) is 0 Å². The van der Waals surface area contributed by atoms with E-state index in [9.17, 15) is 9.59 Å². The van der Waals surface area contributed by atoms with Gasteiger partial charge < -0.3 is 20.1 Å². The molecule has 0 aromatic rings. The standard InChI is InChI=1S/C12H22N2O4/c1-9(10-4-3-5-10)13-12(17)14(6-7-18-2)8-11(15)16/h9-10H,3-8H2,1-2H3,(H,13,17)(H,15,16). The van der Waals surface area contributed by atoms with Crippen molar-refractivity contribution in [3.63, 3.8) is 0 Å². The average Bonchev–Trinajstić information content (AvgIpc) is 2.20. The topological polar surface area (TPSA) is 78.9 Å². The van der Waals surface area contributed by atoms with Gasteiger partial charge in [-0.1, -0.05) is 6.42 Å². The molecule has 1 saturated carbocycles. The van der Waals surface area contributed by atoms with E-state index in [1.807, 2.05) is 6.92 Å². The molecule has 0 spiro atoms. The van der Waals surface area contributed by atoms with E-state index in [-0.39, 0.29) is 25.2 Å². The number of carbonyl (C=O) groups is 2. The molecular weight excluding hydrogens is 236 g/mol. The van der Waals surface area contributed by atoms with Crippen molar-refractivity contribution in [1.29, 1.82) is 0 Å². The maximum atomic E-state index is 11.9. The van der Waals surface area contributed by atoms with Gasteiger partial charge in [-0.2, -0.15) is 0 Å². The van der Waals surface area contributed by atoms with Crippen molar-refractivity contribution < 1.29 is 19.4 Å². The first-order valence-electron chi connectivity index (χ1n) is 6.30. The van der Waals surface area contributed by atoms with Gasteiger partial charge in [-0.25, -0.2) is 4.79 Å². The number of hydrogen-bond acceptors (Lipinski definition) is 3. The molecule has 2 amide bonds. The summed E-state index contributed by atoms with van der Waals surface area (Å²) in [6.07, 6.45) is 3.49. The number of carboxylic acid groups (broad SMARTS) is 1. The second kappa shape index (κ2) is 7.20. The zero-order valence-corrected chi connectivity index (χ0v) is 11.0. The van der Waals surface area contributed by atoms with Crippen molar-refractivity contribution >= 4 is 12.0 Å². The van der Waals surface area contributed by atoms with Crippen LogP contribution in [-0.2, 0) is 9.53 Å². The van der Waals surface area contributed by atoms with Crippen LogP contribution in [0.3, 0.4) is 0 Å². The smallest absolute Gasteiger partial charge is 0.323 e. The summed E-state index contributed by atoms with van der Waals surface area (Å²) in [6, 6.07) is -0.223. The van der Waals surface area contributed by atoms with Gasteiger partial charge in [-0.3, -0.25) is 4.79 Å². The van der Waals surface area contributed by atoms with Gasteiger partial charge >= 0.3 is 12.0 Å². The Hall–Kier alpha value is -1.30. The van der Waals surface area contributed by atoms with E-state index in [1.165, 1.54) is 18.4 Å². The average molecular weight is 258 g/mol. The van der Waals surface area contributed by atoms with Crippen molar-refractivity contribution in [2.75, 3.05) is 26.8 Å². The van der Waals surface area contributed by atoms with Crippen molar-refractivity contribution in [3.8, 4) is 0 Å². The maximum Gasteiger partial charge on any atom is 0.323 e. The van der Waals surface area contributed by atoms with Gasteiger partial charge in [0.15, 0.2) is 0 Å². The lowest BCUT2D eigenvalue weighted by Crippen LogP contribution is -2.49. The summed E-state index contributed by atoms with van der Waals surface area (Å²) in [7, 11) is 1.52. The third-order valence-corrected chi connectivity index (χ3v) is 3.39. The fourth-order valence-corrected chi connectivity index (χ4v) is 1.96. The first kappa shape index (κ1) is 14.8. The molecule has 1 rings (SSSR count). The Kier molecular flexibility index (Phi) is 5.91. The number of carbonyl (C=O) groups excluding carboxylic acids is 1. The summed E-state index contributed by atoms with van der Waals surface area (Å²) in [5.41, 5.74) is 0. The van der Waals surface area contributed by atoms with Crippen molar-refractivity contribution in [2.24, 2.45) is 5.92 Å². The van der Waals surface area contributed by atoms with Gasteiger partial charge in [0.25, 0.3) is 0 Å². The van der Waals surface area contributed by atoms with Crippen LogP contribution in [0.1, 0.15) is 26.2 Å². The fourth-order valence-electron chi connectivity index (χ4n) is 1.96. The van der Waals surface area contributed by atoms with Crippen LogP contribution in [-0.4, -0.2) is 54.9 Å². The summed E-state index contributed by atoms with van der Waals surface area (Å²) in [5, 5.41) is 11.6. The van der Waals surface area contributed by atoms with Crippen LogP contribution in [0, 0.1) is 5.92 Å². The van der Waals surface area contributed by atoms with E-state index in [0.29, 0.717) is 12.5 Å². The molecule has 6 nitrogen and oxygen atoms in total. The Bertz CT molecular complexity index is 292. The van der Waals surface area contributed by atoms with Gasteiger partial charge in [0.2, 0.25) is 0 Å². The predicted octanol–water partition coefficient (Wildman–Crippen LogP) is 0.918. The molecule has 0 radical (unpaired) electrons. The second-order valence-corrected chi connectivity index (χ2v) is 4.74. The predicted molar refractivity (Wildman–Crippen MR) is 66.4 cm³/mol. The lowest BCUT2D eigenvalue weighted by atomic mass is 9.80. The number of methoxy groups -OCH3 is 1. The Morgan fingerprint density at radius 1 is 1.50 bits per heavy atom. The number of aliphatic carboxylic acids is 1. The van der Waals surface area contributed by atoms with E-state index >= 15 is 0 Å². The monoisotopic (exact) mass is 258 g/mol. The van der Waals surface area contributed by atoms with E-state index < -0.39 is 5.97 Å². The summed E-state index contributed by atoms with van der Waals surface area (Å²) >= 11 is 0. The molecule has 1 atom stereocenters. The molecule has 1 aliphatic carbocycles. The van der Waals surface area contributed by atoms with Gasteiger partial charge in [0.1, 0.15) is 6.54 Å². The molecule has 0 bridgehead atoms. The number of nitrogens with one attached hydrogen (secondary N) is 1. The van der Waals surface area contributed by atoms with Crippen LogP contribution >= 0.6 is 0 Å². The molecule has 0 aliphatic heterocycles. The number of hydrogen-bond donors (Lipinski definition) is 2. The van der Waals surface area contributed by atoms with E-state index in [2.05, 4.69) is 5.32 Å². The van der Waals surface area contributed by atoms with Crippen LogP contribution in [0.25, 0.3) is 0 Å². The molecular formula is C12H22N2O4. The van der Waals surface area contributed by atoms with Gasteiger partial charge in [0, 0.05) is 19.7 Å². The van der Waals surface area contributed by atoms with E-state index in [4.69, 9.17) is 9.84 Å². The lowest BCUT2D eigenvalue weighted by Gasteiger charge is -2.33. The van der Waals surface area contributed by atoms with E-state index in [1.54, 1.807) is 0 Å². The van der Waals surface area contributed by atoms with Crippen LogP contribution < -0.4 is 5.32 Å². The Labute approximate surface area is 107 Å². The lowest BCUT2D eigenvalue weighted by molar-refractivity contribution is -0.137. The fraction of sp³-hybridized carbons (Fsp3) is 0.833. The highest BCUT2D eigenvalue weighted by molar-refractivity contribution is 5.80. The molecule has 104 valence electrons.